The van der Waals surface area contributed by atoms with Crippen LogP contribution in [0.4, 0.5) is 15.0 Å². The number of urea groups is 1. The maximum absolute atomic E-state index is 14.4. The van der Waals surface area contributed by atoms with E-state index in [0.29, 0.717) is 25.5 Å². The zero-order valence-corrected chi connectivity index (χ0v) is 17.1. The number of allylic oxidation sites excluding steroid dienone is 2. The summed E-state index contributed by atoms with van der Waals surface area (Å²) in [7, 11) is 0. The average Bonchev–Trinajstić information content (AvgIpc) is 3.21. The Morgan fingerprint density at radius 3 is 3.13 bits per heavy atom. The Bertz CT molecular complexity index is 882. The topological polar surface area (TPSA) is 94.2 Å². The van der Waals surface area contributed by atoms with Crippen LogP contribution in [0.1, 0.15) is 38.4 Å². The molecule has 1 unspecified atom stereocenters. The molecule has 0 aliphatic carbocycles. The Morgan fingerprint density at radius 2 is 2.27 bits per heavy atom. The molecule has 4 heterocycles. The van der Waals surface area contributed by atoms with E-state index >= 15 is 0 Å². The van der Waals surface area contributed by atoms with E-state index in [1.807, 2.05) is 36.4 Å². The molecular weight excluding hydrogens is 385 g/mol. The molecular formula is C21H28FN7O. The van der Waals surface area contributed by atoms with Crippen LogP contribution in [0, 0.1) is 5.82 Å². The average molecular weight is 414 g/mol. The number of hydrogen-bond acceptors (Lipinski definition) is 6. The summed E-state index contributed by atoms with van der Waals surface area (Å²) in [6.07, 6.45) is 12.6. The predicted octanol–water partition coefficient (Wildman–Crippen LogP) is 2.32. The second kappa shape index (κ2) is 9.15. The summed E-state index contributed by atoms with van der Waals surface area (Å²) in [5.74, 6) is 0.109. The zero-order valence-electron chi connectivity index (χ0n) is 17.1. The van der Waals surface area contributed by atoms with Crippen LogP contribution in [0.15, 0.2) is 36.3 Å². The highest BCUT2D eigenvalue weighted by molar-refractivity contribution is 5.80. The van der Waals surface area contributed by atoms with Gasteiger partial charge in [0.1, 0.15) is 6.17 Å². The maximum atomic E-state index is 14.4. The Kier molecular flexibility index (Phi) is 6.15. The largest absolute Gasteiger partial charge is 0.368 e. The Morgan fingerprint density at radius 1 is 1.37 bits per heavy atom. The van der Waals surface area contributed by atoms with Gasteiger partial charge in [-0.25, -0.2) is 19.2 Å². The fourth-order valence-electron chi connectivity index (χ4n) is 3.97. The third kappa shape index (κ3) is 4.24. The van der Waals surface area contributed by atoms with Gasteiger partial charge in [-0.1, -0.05) is 13.0 Å². The number of nitrogens with zero attached hydrogens (tertiary/aromatic N) is 3. The van der Waals surface area contributed by atoms with Crippen molar-refractivity contribution in [3.8, 4) is 0 Å². The molecule has 3 aliphatic rings. The van der Waals surface area contributed by atoms with Crippen molar-refractivity contribution >= 4 is 17.4 Å². The van der Waals surface area contributed by atoms with Gasteiger partial charge in [-0.05, 0) is 38.0 Å². The molecule has 4 rings (SSSR count). The molecule has 30 heavy (non-hydrogen) atoms. The molecule has 1 aromatic rings. The number of piperidine rings is 1. The van der Waals surface area contributed by atoms with E-state index in [1.54, 1.807) is 0 Å². The minimum Gasteiger partial charge on any atom is -0.368 e. The van der Waals surface area contributed by atoms with Crippen molar-refractivity contribution in [1.82, 2.24) is 30.8 Å². The Hall–Kier alpha value is -3.10. The molecule has 2 atom stereocenters. The Balaban J connectivity index is 1.45. The SMILES string of the molecule is CCCNC(=O)N1CCCC[C@@H]1CNc1nc(C2=CNC3NC=CC=C23)ncc1F. The number of carbonyl (C=O) groups excluding carboxylic acids is 1. The van der Waals surface area contributed by atoms with Crippen molar-refractivity contribution in [1.29, 1.82) is 0 Å². The molecule has 2 amide bonds. The number of fused-ring (bicyclic) bond motifs is 1. The second-order valence-corrected chi connectivity index (χ2v) is 7.65. The molecule has 0 bridgehead atoms. The lowest BCUT2D eigenvalue weighted by Gasteiger charge is -2.36. The standard InChI is InChI=1S/C21H28FN7O/c1-2-8-24-21(30)29-10-4-3-6-14(29)11-25-20-17(22)13-27-19(28-20)16-12-26-18-15(16)7-5-9-23-18/h5,7,9,12-14,18,23,26H,2-4,6,8,10-11H2,1H3,(H,24,30)(H,25,27,28)/t14-,18?/m1/s1. The van der Waals surface area contributed by atoms with Crippen LogP contribution in [0.25, 0.3) is 5.57 Å². The van der Waals surface area contributed by atoms with Gasteiger partial charge >= 0.3 is 6.03 Å². The van der Waals surface area contributed by atoms with Gasteiger partial charge in [0, 0.05) is 37.0 Å². The third-order valence-corrected chi connectivity index (χ3v) is 5.56. The minimum absolute atomic E-state index is 0.000514. The molecule has 0 radical (unpaired) electrons. The molecule has 1 fully saturated rings. The lowest BCUT2D eigenvalue weighted by atomic mass is 10.0. The predicted molar refractivity (Wildman–Crippen MR) is 114 cm³/mol. The van der Waals surface area contributed by atoms with E-state index in [-0.39, 0.29) is 24.1 Å². The zero-order chi connectivity index (χ0) is 20.9. The highest BCUT2D eigenvalue weighted by atomic mass is 19.1. The number of anilines is 1. The van der Waals surface area contributed by atoms with Crippen LogP contribution in [0.2, 0.25) is 0 Å². The molecule has 0 aromatic carbocycles. The van der Waals surface area contributed by atoms with Crippen molar-refractivity contribution in [2.75, 3.05) is 25.0 Å². The first-order chi connectivity index (χ1) is 14.7. The number of hydrogen-bond donors (Lipinski definition) is 4. The molecule has 0 spiro atoms. The van der Waals surface area contributed by atoms with E-state index in [1.165, 1.54) is 6.20 Å². The van der Waals surface area contributed by atoms with Crippen molar-refractivity contribution < 1.29 is 9.18 Å². The van der Waals surface area contributed by atoms with E-state index in [0.717, 1.165) is 36.8 Å². The highest BCUT2D eigenvalue weighted by Crippen LogP contribution is 2.29. The first-order valence-electron chi connectivity index (χ1n) is 10.6. The number of aromatic nitrogens is 2. The van der Waals surface area contributed by atoms with Gasteiger partial charge in [-0.15, -0.1) is 0 Å². The van der Waals surface area contributed by atoms with E-state index in [2.05, 4.69) is 31.2 Å². The monoisotopic (exact) mass is 413 g/mol. The summed E-state index contributed by atoms with van der Waals surface area (Å²) in [5, 5.41) is 12.5. The normalized spacial score (nSPS) is 22.4. The first kappa shape index (κ1) is 20.2. The third-order valence-electron chi connectivity index (χ3n) is 5.56. The molecule has 1 aromatic heterocycles. The second-order valence-electron chi connectivity index (χ2n) is 7.65. The van der Waals surface area contributed by atoms with Crippen LogP contribution in [0.5, 0.6) is 0 Å². The highest BCUT2D eigenvalue weighted by Gasteiger charge is 2.28. The fraction of sp³-hybridized carbons (Fsp3) is 0.476. The van der Waals surface area contributed by atoms with Gasteiger partial charge in [0.25, 0.3) is 0 Å². The van der Waals surface area contributed by atoms with Crippen molar-refractivity contribution in [2.24, 2.45) is 0 Å². The van der Waals surface area contributed by atoms with E-state index in [4.69, 9.17) is 0 Å². The summed E-state index contributed by atoms with van der Waals surface area (Å²) in [6, 6.07) is -0.0502. The quantitative estimate of drug-likeness (QED) is 0.572. The van der Waals surface area contributed by atoms with Crippen LogP contribution in [-0.4, -0.2) is 52.7 Å². The number of halogens is 1. The number of carbonyl (C=O) groups is 1. The molecule has 1 saturated heterocycles. The van der Waals surface area contributed by atoms with E-state index in [9.17, 15) is 9.18 Å². The smallest absolute Gasteiger partial charge is 0.317 e. The van der Waals surface area contributed by atoms with Gasteiger partial charge in [0.15, 0.2) is 17.5 Å². The summed E-state index contributed by atoms with van der Waals surface area (Å²) in [5.41, 5.74) is 1.85. The molecule has 0 saturated carbocycles. The summed E-state index contributed by atoms with van der Waals surface area (Å²) < 4.78 is 14.4. The van der Waals surface area contributed by atoms with Crippen LogP contribution in [-0.2, 0) is 0 Å². The number of nitrogens with one attached hydrogen (secondary N) is 4. The summed E-state index contributed by atoms with van der Waals surface area (Å²) >= 11 is 0. The van der Waals surface area contributed by atoms with Gasteiger partial charge in [-0.3, -0.25) is 0 Å². The van der Waals surface area contributed by atoms with Crippen LogP contribution in [0.3, 0.4) is 0 Å². The summed E-state index contributed by atoms with van der Waals surface area (Å²) in [6.45, 7) is 3.84. The van der Waals surface area contributed by atoms with Crippen molar-refractivity contribution in [3.63, 3.8) is 0 Å². The summed E-state index contributed by atoms with van der Waals surface area (Å²) in [4.78, 5) is 22.9. The van der Waals surface area contributed by atoms with Crippen LogP contribution < -0.4 is 21.3 Å². The van der Waals surface area contributed by atoms with Gasteiger partial charge < -0.3 is 26.2 Å². The molecule has 4 N–H and O–H groups in total. The Labute approximate surface area is 175 Å². The maximum Gasteiger partial charge on any atom is 0.317 e. The molecule has 3 aliphatic heterocycles. The lowest BCUT2D eigenvalue weighted by molar-refractivity contribution is 0.155. The van der Waals surface area contributed by atoms with Crippen molar-refractivity contribution in [2.45, 2.75) is 44.8 Å². The minimum atomic E-state index is -0.504. The molecule has 8 nitrogen and oxygen atoms in total. The van der Waals surface area contributed by atoms with Gasteiger partial charge in [0.2, 0.25) is 0 Å². The van der Waals surface area contributed by atoms with Gasteiger partial charge in [0.05, 0.1) is 12.2 Å². The number of dihydropyridines is 1. The van der Waals surface area contributed by atoms with Crippen LogP contribution >= 0.6 is 0 Å². The molecule has 9 heteroatoms. The molecule has 160 valence electrons. The number of rotatable bonds is 6. The van der Waals surface area contributed by atoms with Gasteiger partial charge in [-0.2, -0.15) is 0 Å². The number of likely N-dealkylation sites (tertiary alicyclic amines) is 1. The fourth-order valence-corrected chi connectivity index (χ4v) is 3.97. The lowest BCUT2D eigenvalue weighted by Crippen LogP contribution is -2.51. The van der Waals surface area contributed by atoms with Crippen molar-refractivity contribution in [3.05, 3.63) is 48.0 Å². The van der Waals surface area contributed by atoms with E-state index < -0.39 is 5.82 Å². The number of amides is 2. The first-order valence-corrected chi connectivity index (χ1v) is 10.6.